The zero-order chi connectivity index (χ0) is 24.8. The Morgan fingerprint density at radius 3 is 2.57 bits per heavy atom. The first-order valence-corrected chi connectivity index (χ1v) is 13.0. The molecule has 0 bridgehead atoms. The number of likely N-dealkylation sites (N-methyl/N-ethyl adjacent to an activating group) is 1. The SMILES string of the molecule is CN[C@@H](C)C(=O)N[C@H](C(=O)N1CCC[C@H]1c1cccc(N(C)c2ccccn2)c1)C1CCCCC1. The molecule has 2 aromatic rings. The summed E-state index contributed by atoms with van der Waals surface area (Å²) in [5, 5.41) is 6.13. The van der Waals surface area contributed by atoms with Crippen LogP contribution in [-0.2, 0) is 9.59 Å². The minimum absolute atomic E-state index is 0.0179. The van der Waals surface area contributed by atoms with Crippen LogP contribution in [0.4, 0.5) is 11.5 Å². The molecule has 1 aromatic carbocycles. The first-order chi connectivity index (χ1) is 17.0. The van der Waals surface area contributed by atoms with Crippen LogP contribution in [-0.4, -0.2) is 54.4 Å². The number of hydrogen-bond donors (Lipinski definition) is 2. The van der Waals surface area contributed by atoms with E-state index in [1.165, 1.54) is 6.42 Å². The van der Waals surface area contributed by atoms with Crippen LogP contribution in [0.25, 0.3) is 0 Å². The van der Waals surface area contributed by atoms with E-state index in [9.17, 15) is 9.59 Å². The van der Waals surface area contributed by atoms with E-state index in [2.05, 4.69) is 44.8 Å². The number of pyridine rings is 1. The summed E-state index contributed by atoms with van der Waals surface area (Å²) in [6.07, 6.45) is 9.13. The average molecular weight is 478 g/mol. The number of carbonyl (C=O) groups is 2. The van der Waals surface area contributed by atoms with Gasteiger partial charge in [-0.05, 0) is 75.4 Å². The summed E-state index contributed by atoms with van der Waals surface area (Å²) in [6.45, 7) is 2.56. The van der Waals surface area contributed by atoms with Crippen molar-refractivity contribution in [3.05, 3.63) is 54.2 Å². The lowest BCUT2D eigenvalue weighted by atomic mass is 9.83. The minimum Gasteiger partial charge on any atom is -0.343 e. The van der Waals surface area contributed by atoms with Gasteiger partial charge in [0.15, 0.2) is 0 Å². The second-order valence-corrected chi connectivity index (χ2v) is 9.93. The van der Waals surface area contributed by atoms with Crippen molar-refractivity contribution in [2.24, 2.45) is 5.92 Å². The molecule has 1 aromatic heterocycles. The van der Waals surface area contributed by atoms with Crippen molar-refractivity contribution < 1.29 is 9.59 Å². The molecule has 4 rings (SSSR count). The topological polar surface area (TPSA) is 77.6 Å². The van der Waals surface area contributed by atoms with Crippen LogP contribution in [0, 0.1) is 5.92 Å². The van der Waals surface area contributed by atoms with Gasteiger partial charge in [0.1, 0.15) is 11.9 Å². The largest absolute Gasteiger partial charge is 0.343 e. The van der Waals surface area contributed by atoms with Crippen LogP contribution in [0.1, 0.15) is 63.5 Å². The zero-order valence-electron chi connectivity index (χ0n) is 21.2. The van der Waals surface area contributed by atoms with Gasteiger partial charge >= 0.3 is 0 Å². The van der Waals surface area contributed by atoms with Crippen LogP contribution >= 0.6 is 0 Å². The molecule has 7 nitrogen and oxygen atoms in total. The van der Waals surface area contributed by atoms with Gasteiger partial charge < -0.3 is 20.4 Å². The Bertz CT molecular complexity index is 992. The predicted molar refractivity (Wildman–Crippen MR) is 139 cm³/mol. The standard InChI is InChI=1S/C28H39N5O2/c1-20(29-2)27(34)31-26(21-11-5-4-6-12-21)28(35)33-18-10-15-24(33)22-13-9-14-23(19-22)32(3)25-16-7-8-17-30-25/h7-9,13-14,16-17,19-21,24,26,29H,4-6,10-12,15,18H2,1-3H3,(H,31,34)/t20-,24-,26-/m0/s1. The van der Waals surface area contributed by atoms with Gasteiger partial charge in [-0.15, -0.1) is 0 Å². The molecule has 1 aliphatic heterocycles. The Balaban J connectivity index is 1.56. The highest BCUT2D eigenvalue weighted by Crippen LogP contribution is 2.36. The van der Waals surface area contributed by atoms with Gasteiger partial charge in [-0.2, -0.15) is 0 Å². The highest BCUT2D eigenvalue weighted by Gasteiger charge is 2.39. The molecule has 7 heteroatoms. The maximum atomic E-state index is 14.0. The van der Waals surface area contributed by atoms with Crippen LogP contribution in [0.5, 0.6) is 0 Å². The number of carbonyl (C=O) groups excluding carboxylic acids is 2. The predicted octanol–water partition coefficient (Wildman–Crippen LogP) is 4.19. The molecular weight excluding hydrogens is 438 g/mol. The number of nitrogens with zero attached hydrogens (tertiary/aromatic N) is 3. The number of amides is 2. The molecule has 0 unspecified atom stereocenters. The van der Waals surface area contributed by atoms with E-state index in [-0.39, 0.29) is 29.8 Å². The average Bonchev–Trinajstić information content (AvgIpc) is 3.41. The van der Waals surface area contributed by atoms with Gasteiger partial charge in [0.25, 0.3) is 0 Å². The second-order valence-electron chi connectivity index (χ2n) is 9.93. The Morgan fingerprint density at radius 1 is 1.06 bits per heavy atom. The molecule has 188 valence electrons. The molecule has 1 aliphatic carbocycles. The normalized spacial score (nSPS) is 20.3. The number of rotatable bonds is 8. The maximum Gasteiger partial charge on any atom is 0.245 e. The number of aromatic nitrogens is 1. The fourth-order valence-electron chi connectivity index (χ4n) is 5.44. The third kappa shape index (κ3) is 5.84. The molecule has 0 radical (unpaired) electrons. The molecule has 2 fully saturated rings. The van der Waals surface area contributed by atoms with E-state index in [0.29, 0.717) is 0 Å². The number of benzene rings is 1. The van der Waals surface area contributed by atoms with Crippen LogP contribution < -0.4 is 15.5 Å². The van der Waals surface area contributed by atoms with E-state index in [1.54, 1.807) is 13.2 Å². The molecule has 2 N–H and O–H groups in total. The Labute approximate surface area is 209 Å². The lowest BCUT2D eigenvalue weighted by Crippen LogP contribution is -2.55. The van der Waals surface area contributed by atoms with Crippen molar-refractivity contribution in [3.8, 4) is 0 Å². The quantitative estimate of drug-likeness (QED) is 0.596. The molecule has 0 spiro atoms. The van der Waals surface area contributed by atoms with E-state index < -0.39 is 6.04 Å². The summed E-state index contributed by atoms with van der Waals surface area (Å²) < 4.78 is 0. The summed E-state index contributed by atoms with van der Waals surface area (Å²) >= 11 is 0. The summed E-state index contributed by atoms with van der Waals surface area (Å²) in [5.41, 5.74) is 2.17. The van der Waals surface area contributed by atoms with E-state index in [0.717, 1.165) is 62.1 Å². The molecule has 3 atom stereocenters. The number of likely N-dealkylation sites (tertiary alicyclic amines) is 1. The summed E-state index contributed by atoms with van der Waals surface area (Å²) in [4.78, 5) is 35.3. The highest BCUT2D eigenvalue weighted by molar-refractivity contribution is 5.90. The summed E-state index contributed by atoms with van der Waals surface area (Å²) in [6, 6.07) is 13.5. The van der Waals surface area contributed by atoms with E-state index >= 15 is 0 Å². The van der Waals surface area contributed by atoms with Crippen LogP contribution in [0.15, 0.2) is 48.7 Å². The Hall–Kier alpha value is -2.93. The highest BCUT2D eigenvalue weighted by atomic mass is 16.2. The van der Waals surface area contributed by atoms with Gasteiger partial charge in [0.05, 0.1) is 12.1 Å². The van der Waals surface area contributed by atoms with Crippen molar-refractivity contribution in [2.45, 2.75) is 70.0 Å². The van der Waals surface area contributed by atoms with Crippen molar-refractivity contribution in [3.63, 3.8) is 0 Å². The van der Waals surface area contributed by atoms with Crippen LogP contribution in [0.2, 0.25) is 0 Å². The molecule has 35 heavy (non-hydrogen) atoms. The monoisotopic (exact) mass is 477 g/mol. The van der Waals surface area contributed by atoms with Crippen molar-refractivity contribution in [2.75, 3.05) is 25.5 Å². The molecule has 2 amide bonds. The molecule has 2 aliphatic rings. The first-order valence-electron chi connectivity index (χ1n) is 13.0. The third-order valence-electron chi connectivity index (χ3n) is 7.68. The van der Waals surface area contributed by atoms with Gasteiger partial charge in [0.2, 0.25) is 11.8 Å². The number of anilines is 2. The summed E-state index contributed by atoms with van der Waals surface area (Å²) in [5.74, 6) is 1.04. The minimum atomic E-state index is -0.460. The van der Waals surface area contributed by atoms with Crippen LogP contribution in [0.3, 0.4) is 0 Å². The van der Waals surface area contributed by atoms with Gasteiger partial charge in [-0.1, -0.05) is 37.5 Å². The van der Waals surface area contributed by atoms with Gasteiger partial charge in [-0.25, -0.2) is 4.98 Å². The maximum absolute atomic E-state index is 14.0. The summed E-state index contributed by atoms with van der Waals surface area (Å²) in [7, 11) is 3.78. The Morgan fingerprint density at radius 2 is 1.86 bits per heavy atom. The van der Waals surface area contributed by atoms with Crippen molar-refractivity contribution >= 4 is 23.3 Å². The lowest BCUT2D eigenvalue weighted by Gasteiger charge is -2.35. The second kappa shape index (κ2) is 11.7. The fourth-order valence-corrected chi connectivity index (χ4v) is 5.44. The lowest BCUT2D eigenvalue weighted by molar-refractivity contribution is -0.139. The van der Waals surface area contributed by atoms with E-state index in [4.69, 9.17) is 0 Å². The third-order valence-corrected chi connectivity index (χ3v) is 7.68. The van der Waals surface area contributed by atoms with E-state index in [1.807, 2.05) is 37.1 Å². The number of hydrogen-bond acceptors (Lipinski definition) is 5. The van der Waals surface area contributed by atoms with Gasteiger partial charge in [-0.3, -0.25) is 9.59 Å². The smallest absolute Gasteiger partial charge is 0.245 e. The van der Waals surface area contributed by atoms with Gasteiger partial charge in [0, 0.05) is 25.5 Å². The first kappa shape index (κ1) is 25.2. The van der Waals surface area contributed by atoms with Crippen molar-refractivity contribution in [1.82, 2.24) is 20.5 Å². The Kier molecular flexibility index (Phi) is 8.39. The molecule has 1 saturated carbocycles. The van der Waals surface area contributed by atoms with Crippen molar-refractivity contribution in [1.29, 1.82) is 0 Å². The molecule has 1 saturated heterocycles. The molecular formula is C28H39N5O2. The number of nitrogens with one attached hydrogen (secondary N) is 2. The molecule has 2 heterocycles. The fraction of sp³-hybridized carbons (Fsp3) is 0.536. The zero-order valence-corrected chi connectivity index (χ0v) is 21.2.